The number of Topliss-reactive ketones (excluding diaryl/α,β-unsaturated/α-hetero) is 1. The molecule has 0 spiro atoms. The van der Waals surface area contributed by atoms with E-state index in [2.05, 4.69) is 5.32 Å². The minimum absolute atomic E-state index is 0.0372. The summed E-state index contributed by atoms with van der Waals surface area (Å²) in [6.07, 6.45) is -0.301. The predicted molar refractivity (Wildman–Crippen MR) is 94.8 cm³/mol. The molecule has 0 saturated carbocycles. The number of nitrogens with one attached hydrogen (secondary N) is 1. The molecule has 0 heterocycles. The first kappa shape index (κ1) is 17.7. The van der Waals surface area contributed by atoms with Gasteiger partial charge in [0.2, 0.25) is 0 Å². The molecule has 4 nitrogen and oxygen atoms in total. The Morgan fingerprint density at radius 3 is 2.29 bits per heavy atom. The number of carbonyl (C=O) groups excluding carboxylic acids is 2. The number of hydrogen-bond donors (Lipinski definition) is 1. The summed E-state index contributed by atoms with van der Waals surface area (Å²) in [7, 11) is 0. The number of benzene rings is 2. The highest BCUT2D eigenvalue weighted by Crippen LogP contribution is 2.20. The van der Waals surface area contributed by atoms with Crippen LogP contribution >= 0.6 is 0 Å². The molecule has 1 amide bonds. The Balaban J connectivity index is 1.92. The van der Waals surface area contributed by atoms with Gasteiger partial charge in [0.1, 0.15) is 5.60 Å². The average molecular weight is 325 g/mol. The molecular formula is C20H23NO3. The number of carbonyl (C=O) groups is 2. The van der Waals surface area contributed by atoms with Crippen molar-refractivity contribution < 1.29 is 14.3 Å². The molecule has 2 aromatic carbocycles. The SMILES string of the molecule is CC(C)(C)OC(=O)NCC(=O)Cc1cccc(-c2ccccc2)c1. The number of rotatable bonds is 5. The second-order valence-corrected chi connectivity index (χ2v) is 6.64. The van der Waals surface area contributed by atoms with Crippen molar-refractivity contribution in [1.29, 1.82) is 0 Å². The van der Waals surface area contributed by atoms with E-state index in [0.717, 1.165) is 16.7 Å². The second kappa shape index (κ2) is 7.77. The molecule has 0 aliphatic rings. The second-order valence-electron chi connectivity index (χ2n) is 6.64. The Morgan fingerprint density at radius 2 is 1.62 bits per heavy atom. The van der Waals surface area contributed by atoms with Gasteiger partial charge < -0.3 is 10.1 Å². The Hall–Kier alpha value is -2.62. The zero-order valence-electron chi connectivity index (χ0n) is 14.3. The van der Waals surface area contributed by atoms with Crippen LogP contribution in [0.3, 0.4) is 0 Å². The van der Waals surface area contributed by atoms with Crippen molar-refractivity contribution in [2.75, 3.05) is 6.54 Å². The standard InChI is InChI=1S/C20H23NO3/c1-20(2,3)24-19(23)21-14-18(22)13-15-8-7-11-17(12-15)16-9-5-4-6-10-16/h4-12H,13-14H2,1-3H3,(H,21,23). The summed E-state index contributed by atoms with van der Waals surface area (Å²) in [6, 6.07) is 17.9. The molecule has 0 aliphatic heterocycles. The molecule has 0 atom stereocenters. The van der Waals surface area contributed by atoms with Crippen LogP contribution in [0.5, 0.6) is 0 Å². The molecule has 4 heteroatoms. The predicted octanol–water partition coefficient (Wildman–Crippen LogP) is 3.99. The van der Waals surface area contributed by atoms with E-state index in [-0.39, 0.29) is 18.7 Å². The Morgan fingerprint density at radius 1 is 0.958 bits per heavy atom. The van der Waals surface area contributed by atoms with Crippen LogP contribution in [0.2, 0.25) is 0 Å². The van der Waals surface area contributed by atoms with Crippen molar-refractivity contribution in [3.05, 3.63) is 60.2 Å². The third-order valence-electron chi connectivity index (χ3n) is 3.26. The lowest BCUT2D eigenvalue weighted by Crippen LogP contribution is -2.35. The third-order valence-corrected chi connectivity index (χ3v) is 3.26. The van der Waals surface area contributed by atoms with Gasteiger partial charge in [0, 0.05) is 6.42 Å². The molecule has 0 saturated heterocycles. The molecule has 0 aliphatic carbocycles. The summed E-state index contributed by atoms with van der Waals surface area (Å²) >= 11 is 0. The number of ether oxygens (including phenoxy) is 1. The van der Waals surface area contributed by atoms with Crippen LogP contribution in [-0.4, -0.2) is 24.0 Å². The van der Waals surface area contributed by atoms with Crippen LogP contribution < -0.4 is 5.32 Å². The zero-order chi connectivity index (χ0) is 17.6. The monoisotopic (exact) mass is 325 g/mol. The average Bonchev–Trinajstić information content (AvgIpc) is 2.52. The highest BCUT2D eigenvalue weighted by Gasteiger charge is 2.16. The maximum atomic E-state index is 12.1. The van der Waals surface area contributed by atoms with Crippen molar-refractivity contribution in [3.8, 4) is 11.1 Å². The molecule has 0 fully saturated rings. The lowest BCUT2D eigenvalue weighted by atomic mass is 10.0. The van der Waals surface area contributed by atoms with Gasteiger partial charge >= 0.3 is 6.09 Å². The fraction of sp³-hybridized carbons (Fsp3) is 0.300. The number of hydrogen-bond acceptors (Lipinski definition) is 3. The normalized spacial score (nSPS) is 11.0. The van der Waals surface area contributed by atoms with Crippen LogP contribution in [0, 0.1) is 0 Å². The van der Waals surface area contributed by atoms with Gasteiger partial charge in [-0.2, -0.15) is 0 Å². The van der Waals surface area contributed by atoms with Crippen molar-refractivity contribution in [1.82, 2.24) is 5.32 Å². The number of amides is 1. The maximum Gasteiger partial charge on any atom is 0.408 e. The smallest absolute Gasteiger partial charge is 0.408 e. The lowest BCUT2D eigenvalue weighted by molar-refractivity contribution is -0.117. The van der Waals surface area contributed by atoms with Gasteiger partial charge in [0.15, 0.2) is 5.78 Å². The first-order valence-corrected chi connectivity index (χ1v) is 7.96. The summed E-state index contributed by atoms with van der Waals surface area (Å²) in [4.78, 5) is 23.6. The largest absolute Gasteiger partial charge is 0.444 e. The van der Waals surface area contributed by atoms with Crippen LogP contribution in [0.15, 0.2) is 54.6 Å². The van der Waals surface area contributed by atoms with Gasteiger partial charge in [0.25, 0.3) is 0 Å². The number of alkyl carbamates (subject to hydrolysis) is 1. The highest BCUT2D eigenvalue weighted by atomic mass is 16.6. The minimum Gasteiger partial charge on any atom is -0.444 e. The first-order chi connectivity index (χ1) is 11.3. The first-order valence-electron chi connectivity index (χ1n) is 7.96. The van der Waals surface area contributed by atoms with E-state index in [9.17, 15) is 9.59 Å². The highest BCUT2D eigenvalue weighted by molar-refractivity contribution is 5.86. The zero-order valence-corrected chi connectivity index (χ0v) is 14.3. The van der Waals surface area contributed by atoms with E-state index in [1.165, 1.54) is 0 Å². The van der Waals surface area contributed by atoms with Crippen molar-refractivity contribution >= 4 is 11.9 Å². The molecule has 1 N–H and O–H groups in total. The van der Waals surface area contributed by atoms with Gasteiger partial charge in [-0.25, -0.2) is 4.79 Å². The van der Waals surface area contributed by atoms with Crippen LogP contribution in [0.1, 0.15) is 26.3 Å². The molecule has 2 aromatic rings. The van der Waals surface area contributed by atoms with Gasteiger partial charge in [-0.1, -0.05) is 54.6 Å². The summed E-state index contributed by atoms with van der Waals surface area (Å²) in [6.45, 7) is 5.31. The van der Waals surface area contributed by atoms with Crippen LogP contribution in [-0.2, 0) is 16.0 Å². The fourth-order valence-electron chi connectivity index (χ4n) is 2.27. The van der Waals surface area contributed by atoms with Crippen LogP contribution in [0.25, 0.3) is 11.1 Å². The quantitative estimate of drug-likeness (QED) is 0.904. The molecule has 0 aromatic heterocycles. The fourth-order valence-corrected chi connectivity index (χ4v) is 2.27. The molecule has 0 radical (unpaired) electrons. The summed E-state index contributed by atoms with van der Waals surface area (Å²) < 4.78 is 5.11. The molecule has 0 unspecified atom stereocenters. The molecule has 0 bridgehead atoms. The molecule has 24 heavy (non-hydrogen) atoms. The Kier molecular flexibility index (Phi) is 5.74. The van der Waals surface area contributed by atoms with Crippen molar-refractivity contribution in [2.24, 2.45) is 0 Å². The van der Waals surface area contributed by atoms with Gasteiger partial charge in [-0.3, -0.25) is 4.79 Å². The van der Waals surface area contributed by atoms with E-state index in [1.807, 2.05) is 54.6 Å². The van der Waals surface area contributed by atoms with E-state index in [4.69, 9.17) is 4.74 Å². The van der Waals surface area contributed by atoms with E-state index >= 15 is 0 Å². The summed E-state index contributed by atoms with van der Waals surface area (Å²) in [5.41, 5.74) is 2.53. The minimum atomic E-state index is -0.575. The van der Waals surface area contributed by atoms with Gasteiger partial charge in [-0.05, 0) is 37.5 Å². The number of ketones is 1. The Bertz CT molecular complexity index is 702. The van der Waals surface area contributed by atoms with E-state index in [1.54, 1.807) is 20.8 Å². The molecular weight excluding hydrogens is 302 g/mol. The maximum absolute atomic E-state index is 12.1. The lowest BCUT2D eigenvalue weighted by Gasteiger charge is -2.19. The topological polar surface area (TPSA) is 55.4 Å². The van der Waals surface area contributed by atoms with E-state index in [0.29, 0.717) is 0 Å². The molecule has 126 valence electrons. The Labute approximate surface area is 142 Å². The third kappa shape index (κ3) is 5.88. The van der Waals surface area contributed by atoms with Crippen molar-refractivity contribution in [3.63, 3.8) is 0 Å². The summed E-state index contributed by atoms with van der Waals surface area (Å²) in [5.74, 6) is -0.0638. The van der Waals surface area contributed by atoms with Gasteiger partial charge in [-0.15, -0.1) is 0 Å². The van der Waals surface area contributed by atoms with Crippen molar-refractivity contribution in [2.45, 2.75) is 32.8 Å². The molecule has 2 rings (SSSR count). The van der Waals surface area contributed by atoms with Crippen LogP contribution in [0.4, 0.5) is 4.79 Å². The van der Waals surface area contributed by atoms with Gasteiger partial charge in [0.05, 0.1) is 6.54 Å². The summed E-state index contributed by atoms with van der Waals surface area (Å²) in [5, 5.41) is 2.49. The van der Waals surface area contributed by atoms with E-state index < -0.39 is 11.7 Å².